The van der Waals surface area contributed by atoms with Crippen LogP contribution in [-0.4, -0.2) is 55.4 Å². The summed E-state index contributed by atoms with van der Waals surface area (Å²) in [6.45, 7) is 1.30. The highest BCUT2D eigenvalue weighted by molar-refractivity contribution is 5.74. The standard InChI is InChI=1S/C16H19F2N5O4/c1-26-7-5-22(6-8-27-2)16-14(23(24)25)15(19-10-20-16)21-11-3-4-12(17)13(18)9-11/h3-4,9-10H,5-8H2,1-2H3,(H,19,20,21). The van der Waals surface area contributed by atoms with E-state index >= 15 is 0 Å². The van der Waals surface area contributed by atoms with Crippen LogP contribution < -0.4 is 10.2 Å². The number of rotatable bonds is 10. The van der Waals surface area contributed by atoms with Gasteiger partial charge >= 0.3 is 5.69 Å². The van der Waals surface area contributed by atoms with E-state index in [0.29, 0.717) is 26.3 Å². The summed E-state index contributed by atoms with van der Waals surface area (Å²) in [7, 11) is 3.03. The molecule has 0 radical (unpaired) electrons. The highest BCUT2D eigenvalue weighted by Gasteiger charge is 2.27. The molecule has 11 heteroatoms. The molecule has 0 bridgehead atoms. The monoisotopic (exact) mass is 383 g/mol. The first-order chi connectivity index (χ1) is 13.0. The second-order valence-corrected chi connectivity index (χ2v) is 5.38. The zero-order chi connectivity index (χ0) is 19.8. The minimum Gasteiger partial charge on any atom is -0.383 e. The molecule has 0 fully saturated rings. The molecule has 9 nitrogen and oxygen atoms in total. The number of halogens is 2. The number of hydrogen-bond acceptors (Lipinski definition) is 8. The molecule has 0 saturated carbocycles. The van der Waals surface area contributed by atoms with Crippen LogP contribution in [0, 0.1) is 21.7 Å². The van der Waals surface area contributed by atoms with Crippen molar-refractivity contribution < 1.29 is 23.2 Å². The van der Waals surface area contributed by atoms with Gasteiger partial charge in [-0.15, -0.1) is 0 Å². The van der Waals surface area contributed by atoms with Gasteiger partial charge in [0.05, 0.1) is 18.1 Å². The van der Waals surface area contributed by atoms with Crippen molar-refractivity contribution in [1.82, 2.24) is 9.97 Å². The van der Waals surface area contributed by atoms with Gasteiger partial charge in [0.1, 0.15) is 6.33 Å². The molecule has 0 aliphatic rings. The maximum Gasteiger partial charge on any atom is 0.353 e. The fraction of sp³-hybridized carbons (Fsp3) is 0.375. The van der Waals surface area contributed by atoms with Crippen molar-refractivity contribution in [3.63, 3.8) is 0 Å². The summed E-state index contributed by atoms with van der Waals surface area (Å²) >= 11 is 0. The van der Waals surface area contributed by atoms with Gasteiger partial charge in [-0.1, -0.05) is 0 Å². The Hall–Kier alpha value is -2.92. The third-order valence-corrected chi connectivity index (χ3v) is 3.60. The number of benzene rings is 1. The summed E-state index contributed by atoms with van der Waals surface area (Å²) in [5.74, 6) is -2.19. The number of anilines is 3. The molecule has 2 rings (SSSR count). The first kappa shape index (κ1) is 20.4. The summed E-state index contributed by atoms with van der Waals surface area (Å²) in [4.78, 5) is 20.6. The molecular formula is C16H19F2N5O4. The second kappa shape index (κ2) is 9.69. The largest absolute Gasteiger partial charge is 0.383 e. The van der Waals surface area contributed by atoms with E-state index in [4.69, 9.17) is 9.47 Å². The Kier molecular flexibility index (Phi) is 7.32. The molecule has 1 heterocycles. The minimum atomic E-state index is -1.08. The van der Waals surface area contributed by atoms with Crippen molar-refractivity contribution >= 4 is 23.0 Å². The molecule has 0 aliphatic carbocycles. The predicted molar refractivity (Wildman–Crippen MR) is 94.3 cm³/mol. The van der Waals surface area contributed by atoms with E-state index in [1.807, 2.05) is 0 Å². The zero-order valence-corrected chi connectivity index (χ0v) is 14.8. The zero-order valence-electron chi connectivity index (χ0n) is 14.8. The first-order valence-electron chi connectivity index (χ1n) is 7.92. The minimum absolute atomic E-state index is 0.0641. The Morgan fingerprint density at radius 2 is 1.81 bits per heavy atom. The Balaban J connectivity index is 2.41. The topological polar surface area (TPSA) is 103 Å². The molecule has 27 heavy (non-hydrogen) atoms. The molecule has 1 N–H and O–H groups in total. The highest BCUT2D eigenvalue weighted by Crippen LogP contribution is 2.33. The number of ether oxygens (including phenoxy) is 2. The molecule has 0 aliphatic heterocycles. The molecule has 0 spiro atoms. The number of aromatic nitrogens is 2. The average molecular weight is 383 g/mol. The Bertz CT molecular complexity index is 785. The van der Waals surface area contributed by atoms with Gasteiger partial charge in [0.2, 0.25) is 11.6 Å². The highest BCUT2D eigenvalue weighted by atomic mass is 19.2. The number of nitrogens with zero attached hydrogens (tertiary/aromatic N) is 4. The van der Waals surface area contributed by atoms with Gasteiger partial charge < -0.3 is 19.7 Å². The summed E-state index contributed by atoms with van der Waals surface area (Å²) in [6, 6.07) is 3.04. The van der Waals surface area contributed by atoms with Crippen LogP contribution in [0.25, 0.3) is 0 Å². The summed E-state index contributed by atoms with van der Waals surface area (Å²) < 4.78 is 36.6. The van der Waals surface area contributed by atoms with E-state index in [-0.39, 0.29) is 17.3 Å². The van der Waals surface area contributed by atoms with Crippen LogP contribution in [0.2, 0.25) is 0 Å². The lowest BCUT2D eigenvalue weighted by atomic mass is 10.3. The van der Waals surface area contributed by atoms with Crippen LogP contribution >= 0.6 is 0 Å². The SMILES string of the molecule is COCCN(CCOC)c1ncnc(Nc2ccc(F)c(F)c2)c1[N+](=O)[O-]. The number of methoxy groups -OCH3 is 2. The van der Waals surface area contributed by atoms with Gasteiger partial charge in [-0.2, -0.15) is 0 Å². The van der Waals surface area contributed by atoms with Crippen LogP contribution in [0.5, 0.6) is 0 Å². The van der Waals surface area contributed by atoms with E-state index in [2.05, 4.69) is 15.3 Å². The normalized spacial score (nSPS) is 10.7. The predicted octanol–water partition coefficient (Wildman–Crippen LogP) is 2.51. The number of nitrogens with one attached hydrogen (secondary N) is 1. The van der Waals surface area contributed by atoms with Gasteiger partial charge in [0.25, 0.3) is 0 Å². The van der Waals surface area contributed by atoms with Gasteiger partial charge in [0, 0.05) is 39.1 Å². The van der Waals surface area contributed by atoms with Gasteiger partial charge in [-0.3, -0.25) is 10.1 Å². The van der Waals surface area contributed by atoms with Crippen LogP contribution in [-0.2, 0) is 9.47 Å². The molecule has 0 saturated heterocycles. The molecule has 1 aromatic heterocycles. The van der Waals surface area contributed by atoms with Gasteiger partial charge in [-0.25, -0.2) is 18.7 Å². The lowest BCUT2D eigenvalue weighted by molar-refractivity contribution is -0.383. The first-order valence-corrected chi connectivity index (χ1v) is 7.92. The second-order valence-electron chi connectivity index (χ2n) is 5.38. The summed E-state index contributed by atoms with van der Waals surface area (Å²) in [6.07, 6.45) is 1.15. The van der Waals surface area contributed by atoms with Crippen molar-refractivity contribution in [3.8, 4) is 0 Å². The summed E-state index contributed by atoms with van der Waals surface area (Å²) in [5.41, 5.74) is -0.281. The van der Waals surface area contributed by atoms with Gasteiger partial charge in [0.15, 0.2) is 11.6 Å². The van der Waals surface area contributed by atoms with E-state index in [9.17, 15) is 18.9 Å². The summed E-state index contributed by atoms with van der Waals surface area (Å²) in [5, 5.41) is 14.3. The average Bonchev–Trinajstić information content (AvgIpc) is 2.64. The quantitative estimate of drug-likeness (QED) is 0.493. The van der Waals surface area contributed by atoms with E-state index < -0.39 is 22.2 Å². The van der Waals surface area contributed by atoms with E-state index in [1.54, 1.807) is 4.90 Å². The molecule has 2 aromatic rings. The molecule has 1 aromatic carbocycles. The lowest BCUT2D eigenvalue weighted by Crippen LogP contribution is -2.32. The van der Waals surface area contributed by atoms with Crippen LogP contribution in [0.3, 0.4) is 0 Å². The molecule has 0 atom stereocenters. The Labute approximate surface area is 154 Å². The van der Waals surface area contributed by atoms with Crippen LogP contribution in [0.15, 0.2) is 24.5 Å². The number of nitro groups is 1. The third kappa shape index (κ3) is 5.28. The molecule has 0 unspecified atom stereocenters. The fourth-order valence-electron chi connectivity index (χ4n) is 2.30. The third-order valence-electron chi connectivity index (χ3n) is 3.60. The molecule has 0 amide bonds. The lowest BCUT2D eigenvalue weighted by Gasteiger charge is -2.23. The van der Waals surface area contributed by atoms with Crippen molar-refractivity contribution in [2.75, 3.05) is 50.7 Å². The van der Waals surface area contributed by atoms with E-state index in [0.717, 1.165) is 18.5 Å². The molecule has 146 valence electrons. The maximum absolute atomic E-state index is 13.4. The van der Waals surface area contributed by atoms with Crippen molar-refractivity contribution in [2.24, 2.45) is 0 Å². The van der Waals surface area contributed by atoms with Crippen molar-refractivity contribution in [1.29, 1.82) is 0 Å². The van der Waals surface area contributed by atoms with Crippen LogP contribution in [0.1, 0.15) is 0 Å². The maximum atomic E-state index is 13.4. The van der Waals surface area contributed by atoms with Crippen molar-refractivity contribution in [3.05, 3.63) is 46.3 Å². The van der Waals surface area contributed by atoms with Crippen LogP contribution in [0.4, 0.5) is 31.8 Å². The fourth-order valence-corrected chi connectivity index (χ4v) is 2.30. The number of hydrogen-bond donors (Lipinski definition) is 1. The van der Waals surface area contributed by atoms with Crippen molar-refractivity contribution in [2.45, 2.75) is 0 Å². The Morgan fingerprint density at radius 3 is 2.37 bits per heavy atom. The molecular weight excluding hydrogens is 364 g/mol. The Morgan fingerprint density at radius 1 is 1.15 bits per heavy atom. The van der Waals surface area contributed by atoms with Gasteiger partial charge in [-0.05, 0) is 12.1 Å². The van der Waals surface area contributed by atoms with E-state index in [1.165, 1.54) is 20.3 Å². The smallest absolute Gasteiger partial charge is 0.353 e.